The normalized spacial score (nSPS) is 12.7. The Hall–Kier alpha value is -2.38. The highest BCUT2D eigenvalue weighted by molar-refractivity contribution is 5.99. The Labute approximate surface area is 165 Å². The van der Waals surface area contributed by atoms with Crippen molar-refractivity contribution in [1.29, 1.82) is 0 Å². The van der Waals surface area contributed by atoms with Gasteiger partial charge in [0.15, 0.2) is 5.69 Å². The number of rotatable bonds is 5. The lowest BCUT2D eigenvalue weighted by atomic mass is 10.1. The van der Waals surface area contributed by atoms with Crippen molar-refractivity contribution < 1.29 is 9.59 Å². The molecule has 3 N–H and O–H groups in total. The van der Waals surface area contributed by atoms with Crippen LogP contribution < -0.4 is 10.6 Å². The van der Waals surface area contributed by atoms with Crippen LogP contribution in [0.2, 0.25) is 0 Å². The molecule has 1 aliphatic rings. The van der Waals surface area contributed by atoms with Crippen LogP contribution in [0, 0.1) is 13.8 Å². The minimum atomic E-state index is -0.217. The Bertz CT molecular complexity index is 813. The van der Waals surface area contributed by atoms with Gasteiger partial charge in [-0.25, -0.2) is 0 Å². The number of aromatic amines is 1. The molecule has 0 atom stereocenters. The standard InChI is InChI=1S/C19H25N5O2.ClH/c1-4-24(11-16(25)21-17-12(2)6-5-7-13(17)3)19(26)18-14-10-20-9-8-15(14)22-23-18;/h5-7,20H,4,8-11H2,1-3H3,(H,21,25)(H,22,23);1H. The number of amides is 2. The molecule has 1 aliphatic heterocycles. The van der Waals surface area contributed by atoms with Gasteiger partial charge in [-0.05, 0) is 31.9 Å². The predicted molar refractivity (Wildman–Crippen MR) is 107 cm³/mol. The summed E-state index contributed by atoms with van der Waals surface area (Å²) in [6.45, 7) is 7.70. The van der Waals surface area contributed by atoms with E-state index in [0.29, 0.717) is 18.8 Å². The third-order valence-electron chi connectivity index (χ3n) is 4.76. The number of carbonyl (C=O) groups is 2. The van der Waals surface area contributed by atoms with Crippen molar-refractivity contribution in [2.24, 2.45) is 0 Å². The Morgan fingerprint density at radius 1 is 1.26 bits per heavy atom. The van der Waals surface area contributed by atoms with Crippen LogP contribution in [0.1, 0.15) is 39.8 Å². The van der Waals surface area contributed by atoms with E-state index in [1.165, 1.54) is 4.90 Å². The predicted octanol–water partition coefficient (Wildman–Crippen LogP) is 2.19. The van der Waals surface area contributed by atoms with E-state index in [0.717, 1.165) is 41.0 Å². The maximum Gasteiger partial charge on any atom is 0.275 e. The van der Waals surface area contributed by atoms with Gasteiger partial charge in [-0.3, -0.25) is 14.7 Å². The van der Waals surface area contributed by atoms with E-state index < -0.39 is 0 Å². The number of aryl methyl sites for hydroxylation is 2. The lowest BCUT2D eigenvalue weighted by Crippen LogP contribution is -2.39. The number of aromatic nitrogens is 2. The summed E-state index contributed by atoms with van der Waals surface area (Å²) in [5, 5.41) is 13.3. The van der Waals surface area contributed by atoms with Gasteiger partial charge in [0.05, 0.1) is 0 Å². The van der Waals surface area contributed by atoms with Gasteiger partial charge in [0, 0.05) is 43.0 Å². The van der Waals surface area contributed by atoms with Gasteiger partial charge in [0.25, 0.3) is 5.91 Å². The maximum atomic E-state index is 12.9. The van der Waals surface area contributed by atoms with E-state index in [1.807, 2.05) is 39.0 Å². The molecule has 27 heavy (non-hydrogen) atoms. The summed E-state index contributed by atoms with van der Waals surface area (Å²) in [5.74, 6) is -0.425. The molecule has 2 heterocycles. The molecule has 146 valence electrons. The van der Waals surface area contributed by atoms with Crippen LogP contribution in [-0.2, 0) is 17.8 Å². The first-order valence-electron chi connectivity index (χ1n) is 8.93. The monoisotopic (exact) mass is 391 g/mol. The van der Waals surface area contributed by atoms with Crippen molar-refractivity contribution in [3.63, 3.8) is 0 Å². The highest BCUT2D eigenvalue weighted by Crippen LogP contribution is 2.20. The molecule has 8 heteroatoms. The number of likely N-dealkylation sites (N-methyl/N-ethyl adjacent to an activating group) is 1. The molecule has 2 amide bonds. The molecular formula is C19H26ClN5O2. The Morgan fingerprint density at radius 3 is 2.63 bits per heavy atom. The number of nitrogens with zero attached hydrogens (tertiary/aromatic N) is 2. The van der Waals surface area contributed by atoms with Crippen LogP contribution in [-0.4, -0.2) is 46.5 Å². The number of hydrogen-bond donors (Lipinski definition) is 3. The summed E-state index contributed by atoms with van der Waals surface area (Å²) >= 11 is 0. The molecule has 2 aromatic rings. The molecule has 3 rings (SSSR count). The highest BCUT2D eigenvalue weighted by Gasteiger charge is 2.26. The first kappa shape index (κ1) is 20.9. The third-order valence-corrected chi connectivity index (χ3v) is 4.76. The zero-order valence-electron chi connectivity index (χ0n) is 15.9. The summed E-state index contributed by atoms with van der Waals surface area (Å²) in [5.41, 5.74) is 5.13. The van der Waals surface area contributed by atoms with E-state index in [-0.39, 0.29) is 30.8 Å². The molecule has 0 saturated heterocycles. The summed E-state index contributed by atoms with van der Waals surface area (Å²) in [6, 6.07) is 5.86. The van der Waals surface area contributed by atoms with Gasteiger partial charge in [-0.1, -0.05) is 18.2 Å². The molecule has 0 fully saturated rings. The minimum absolute atomic E-state index is 0. The van der Waals surface area contributed by atoms with Crippen molar-refractivity contribution in [2.45, 2.75) is 33.7 Å². The zero-order valence-corrected chi connectivity index (χ0v) is 16.7. The minimum Gasteiger partial charge on any atom is -0.328 e. The van der Waals surface area contributed by atoms with Crippen LogP contribution in [0.4, 0.5) is 5.69 Å². The number of anilines is 1. The zero-order chi connectivity index (χ0) is 18.7. The van der Waals surface area contributed by atoms with Crippen LogP contribution >= 0.6 is 12.4 Å². The quantitative estimate of drug-likeness (QED) is 0.728. The number of halogens is 1. The molecule has 0 unspecified atom stereocenters. The SMILES string of the molecule is CCN(CC(=O)Nc1c(C)cccc1C)C(=O)c1n[nH]c2c1CNCC2.Cl. The van der Waals surface area contributed by atoms with Crippen LogP contribution in [0.5, 0.6) is 0 Å². The number of fused-ring (bicyclic) bond motifs is 1. The average molecular weight is 392 g/mol. The van der Waals surface area contributed by atoms with E-state index in [2.05, 4.69) is 20.8 Å². The van der Waals surface area contributed by atoms with E-state index in [9.17, 15) is 9.59 Å². The van der Waals surface area contributed by atoms with Gasteiger partial charge in [0.2, 0.25) is 5.91 Å². The lowest BCUT2D eigenvalue weighted by molar-refractivity contribution is -0.116. The van der Waals surface area contributed by atoms with E-state index in [4.69, 9.17) is 0 Å². The van der Waals surface area contributed by atoms with Crippen LogP contribution in [0.25, 0.3) is 0 Å². The van der Waals surface area contributed by atoms with Crippen molar-refractivity contribution in [1.82, 2.24) is 20.4 Å². The second-order valence-electron chi connectivity index (χ2n) is 6.59. The summed E-state index contributed by atoms with van der Waals surface area (Å²) in [6.07, 6.45) is 0.828. The summed E-state index contributed by atoms with van der Waals surface area (Å²) in [4.78, 5) is 26.9. The van der Waals surface area contributed by atoms with Gasteiger partial charge in [0.1, 0.15) is 6.54 Å². The first-order chi connectivity index (χ1) is 12.5. The van der Waals surface area contributed by atoms with Gasteiger partial charge < -0.3 is 15.5 Å². The number of hydrogen-bond acceptors (Lipinski definition) is 4. The Morgan fingerprint density at radius 2 is 1.96 bits per heavy atom. The largest absolute Gasteiger partial charge is 0.328 e. The van der Waals surface area contributed by atoms with E-state index in [1.54, 1.807) is 0 Å². The molecule has 0 bridgehead atoms. The molecule has 7 nitrogen and oxygen atoms in total. The van der Waals surface area contributed by atoms with Crippen molar-refractivity contribution in [3.05, 3.63) is 46.3 Å². The molecule has 0 spiro atoms. The second kappa shape index (κ2) is 9.01. The number of benzene rings is 1. The number of para-hydroxylation sites is 1. The fourth-order valence-electron chi connectivity index (χ4n) is 3.24. The topological polar surface area (TPSA) is 90.1 Å². The van der Waals surface area contributed by atoms with Crippen molar-refractivity contribution in [2.75, 3.05) is 25.0 Å². The van der Waals surface area contributed by atoms with Crippen molar-refractivity contribution >= 4 is 29.9 Å². The van der Waals surface area contributed by atoms with Crippen LogP contribution in [0.15, 0.2) is 18.2 Å². The van der Waals surface area contributed by atoms with Gasteiger partial charge in [-0.15, -0.1) is 12.4 Å². The molecule has 0 aliphatic carbocycles. The highest BCUT2D eigenvalue weighted by atomic mass is 35.5. The first-order valence-corrected chi connectivity index (χ1v) is 8.93. The summed E-state index contributed by atoms with van der Waals surface area (Å²) in [7, 11) is 0. The fourth-order valence-corrected chi connectivity index (χ4v) is 3.24. The number of H-pyrrole nitrogens is 1. The molecule has 1 aromatic heterocycles. The number of nitrogens with one attached hydrogen (secondary N) is 3. The molecule has 1 aromatic carbocycles. The van der Waals surface area contributed by atoms with Crippen LogP contribution in [0.3, 0.4) is 0 Å². The van der Waals surface area contributed by atoms with Gasteiger partial charge >= 0.3 is 0 Å². The maximum absolute atomic E-state index is 12.9. The van der Waals surface area contributed by atoms with Crippen molar-refractivity contribution in [3.8, 4) is 0 Å². The smallest absolute Gasteiger partial charge is 0.275 e. The summed E-state index contributed by atoms with van der Waals surface area (Å²) < 4.78 is 0. The van der Waals surface area contributed by atoms with E-state index >= 15 is 0 Å². The lowest BCUT2D eigenvalue weighted by Gasteiger charge is -2.21. The molecular weight excluding hydrogens is 366 g/mol. The number of carbonyl (C=O) groups excluding carboxylic acids is 2. The molecule has 0 saturated carbocycles. The van der Waals surface area contributed by atoms with Gasteiger partial charge in [-0.2, -0.15) is 5.10 Å². The fraction of sp³-hybridized carbons (Fsp3) is 0.421. The third kappa shape index (κ3) is 4.48. The average Bonchev–Trinajstić information content (AvgIpc) is 3.06. The Kier molecular flexibility index (Phi) is 6.98. The second-order valence-corrected chi connectivity index (χ2v) is 6.59. The molecule has 0 radical (unpaired) electrons. The Balaban J connectivity index is 0.00000261.